The molecule has 2 fully saturated rings. The number of benzene rings is 4. The predicted molar refractivity (Wildman–Crippen MR) is 299 cm³/mol. The Morgan fingerprint density at radius 1 is 0.716 bits per heavy atom. The van der Waals surface area contributed by atoms with E-state index in [0.717, 1.165) is 61.8 Å². The van der Waals surface area contributed by atoms with Crippen molar-refractivity contribution in [3.63, 3.8) is 0 Å². The van der Waals surface area contributed by atoms with Crippen molar-refractivity contribution in [1.82, 2.24) is 25.8 Å². The lowest BCUT2D eigenvalue weighted by Crippen LogP contribution is -2.57. The van der Waals surface area contributed by atoms with Gasteiger partial charge in [0.1, 0.15) is 24.1 Å². The molecule has 436 valence electrons. The van der Waals surface area contributed by atoms with Gasteiger partial charge < -0.3 is 59.1 Å². The molecule has 0 radical (unpaired) electrons. The molecule has 0 spiro atoms. The predicted octanol–water partition coefficient (Wildman–Crippen LogP) is 6.91. The molecule has 0 saturated carbocycles. The number of unbranched alkanes of at least 4 members (excludes halogenated alkanes) is 5. The highest BCUT2D eigenvalue weighted by Gasteiger charge is 2.45. The zero-order valence-electron chi connectivity index (χ0n) is 47.3. The second kappa shape index (κ2) is 29.6. The molecule has 81 heavy (non-hydrogen) atoms. The molecule has 2 unspecified atom stereocenters. The molecule has 6 amide bonds. The molecule has 4 aromatic rings. The molecule has 3 aliphatic rings. The van der Waals surface area contributed by atoms with Gasteiger partial charge in [0.05, 0.1) is 65.1 Å². The fraction of sp³-hybridized carbons (Fsp3) is 0.492. The second-order valence-corrected chi connectivity index (χ2v) is 20.4. The van der Waals surface area contributed by atoms with Crippen molar-refractivity contribution >= 4 is 41.4 Å². The van der Waals surface area contributed by atoms with E-state index < -0.39 is 48.1 Å². The molecular formula is C61H77N5O15. The third-order valence-electron chi connectivity index (χ3n) is 15.2. The molecule has 4 aromatic carbocycles. The van der Waals surface area contributed by atoms with Gasteiger partial charge in [-0.3, -0.25) is 33.7 Å². The number of amides is 6. The largest absolute Gasteiger partial charge is 0.493 e. The van der Waals surface area contributed by atoms with Crippen molar-refractivity contribution in [2.24, 2.45) is 0 Å². The SMILES string of the molecule is CC[C@H](C(=O)N1CCCC[C@H]1C(=O)O[C@H](CCc1ccc(OC)c(OC)c1)c1ccccc1OCC(=O)NCCCCCCCCNC(=O)Cc1cccc2c1C(=O)N(C1CCC(=O)NC1O)C2=O)c1cc(OC)c(OC)c(OC)c1. The van der Waals surface area contributed by atoms with Crippen molar-refractivity contribution < 1.29 is 71.8 Å². The maximum atomic E-state index is 14.6. The number of nitrogens with one attached hydrogen (secondary N) is 3. The number of hydrogen-bond donors (Lipinski definition) is 4. The van der Waals surface area contributed by atoms with E-state index in [1.165, 1.54) is 27.4 Å². The molecular weight excluding hydrogens is 1040 g/mol. The van der Waals surface area contributed by atoms with E-state index in [4.69, 9.17) is 33.2 Å². The van der Waals surface area contributed by atoms with Crippen molar-refractivity contribution in [1.29, 1.82) is 0 Å². The Kier molecular flexibility index (Phi) is 22.2. The molecule has 0 bridgehead atoms. The van der Waals surface area contributed by atoms with Gasteiger partial charge in [-0.25, -0.2) is 4.79 Å². The number of methoxy groups -OCH3 is 5. The van der Waals surface area contributed by atoms with E-state index in [0.29, 0.717) is 96.5 Å². The number of carbonyl (C=O) groups excluding carboxylic acids is 7. The molecule has 5 atom stereocenters. The number of para-hydroxylation sites is 1. The molecule has 2 saturated heterocycles. The van der Waals surface area contributed by atoms with Crippen molar-refractivity contribution in [3.8, 4) is 34.5 Å². The summed E-state index contributed by atoms with van der Waals surface area (Å²) in [5.41, 5.74) is 2.90. The number of hydrogen-bond acceptors (Lipinski definition) is 15. The molecule has 7 rings (SSSR count). The number of aliphatic hydroxyl groups excluding tert-OH is 1. The summed E-state index contributed by atoms with van der Waals surface area (Å²) in [5.74, 6) is -0.661. The second-order valence-electron chi connectivity index (χ2n) is 20.4. The van der Waals surface area contributed by atoms with Gasteiger partial charge >= 0.3 is 5.97 Å². The van der Waals surface area contributed by atoms with E-state index in [-0.39, 0.29) is 60.6 Å². The average molecular weight is 1120 g/mol. The van der Waals surface area contributed by atoms with Crippen LogP contribution in [0.15, 0.2) is 72.8 Å². The van der Waals surface area contributed by atoms with Gasteiger partial charge in [-0.05, 0) is 111 Å². The van der Waals surface area contributed by atoms with Gasteiger partial charge in [-0.1, -0.05) is 69.0 Å². The summed E-state index contributed by atoms with van der Waals surface area (Å²) in [4.78, 5) is 96.3. The number of esters is 1. The van der Waals surface area contributed by atoms with E-state index in [2.05, 4.69) is 16.0 Å². The molecule has 20 nitrogen and oxygen atoms in total. The Morgan fingerprint density at radius 2 is 1.40 bits per heavy atom. The highest BCUT2D eigenvalue weighted by atomic mass is 16.6. The van der Waals surface area contributed by atoms with Crippen molar-refractivity contribution in [2.75, 3.05) is 61.8 Å². The fourth-order valence-corrected chi connectivity index (χ4v) is 10.9. The first-order valence-corrected chi connectivity index (χ1v) is 28.0. The number of nitrogens with zero attached hydrogens (tertiary/aromatic N) is 2. The molecule has 0 aliphatic carbocycles. The number of rotatable bonds is 29. The number of fused-ring (bicyclic) bond motifs is 1. The van der Waals surface area contributed by atoms with Crippen molar-refractivity contribution in [2.45, 2.75) is 134 Å². The van der Waals surface area contributed by atoms with E-state index in [1.54, 1.807) is 55.5 Å². The van der Waals surface area contributed by atoms with Crippen LogP contribution in [0.1, 0.15) is 145 Å². The monoisotopic (exact) mass is 1120 g/mol. The highest BCUT2D eigenvalue weighted by molar-refractivity contribution is 6.22. The minimum Gasteiger partial charge on any atom is -0.493 e. The third kappa shape index (κ3) is 15.1. The van der Waals surface area contributed by atoms with Gasteiger partial charge in [0.15, 0.2) is 29.6 Å². The lowest BCUT2D eigenvalue weighted by molar-refractivity contribution is -0.162. The smallest absolute Gasteiger partial charge is 0.329 e. The summed E-state index contributed by atoms with van der Waals surface area (Å²) in [6.07, 6.45) is 6.19. The number of aliphatic hydroxyl groups is 1. The van der Waals surface area contributed by atoms with Crippen LogP contribution in [0.4, 0.5) is 0 Å². The summed E-state index contributed by atoms with van der Waals surface area (Å²) >= 11 is 0. The Morgan fingerprint density at radius 3 is 2.06 bits per heavy atom. The van der Waals surface area contributed by atoms with Crippen LogP contribution in [0.5, 0.6) is 34.5 Å². The summed E-state index contributed by atoms with van der Waals surface area (Å²) in [6, 6.07) is 19.4. The zero-order chi connectivity index (χ0) is 58.0. The van der Waals surface area contributed by atoms with Crippen LogP contribution in [0.25, 0.3) is 0 Å². The normalized spacial score (nSPS) is 17.5. The van der Waals surface area contributed by atoms with E-state index in [1.807, 2.05) is 37.3 Å². The van der Waals surface area contributed by atoms with Crippen LogP contribution < -0.4 is 44.4 Å². The third-order valence-corrected chi connectivity index (χ3v) is 15.2. The van der Waals surface area contributed by atoms with Gasteiger partial charge in [-0.2, -0.15) is 0 Å². The van der Waals surface area contributed by atoms with Gasteiger partial charge in [-0.15, -0.1) is 0 Å². The lowest BCUT2D eigenvalue weighted by atomic mass is 9.91. The topological polar surface area (TPSA) is 247 Å². The zero-order valence-corrected chi connectivity index (χ0v) is 47.3. The number of carbonyl (C=O) groups is 7. The first-order chi connectivity index (χ1) is 39.2. The molecule has 3 heterocycles. The van der Waals surface area contributed by atoms with Gasteiger partial charge in [0, 0.05) is 31.6 Å². The Bertz CT molecular complexity index is 2850. The quantitative estimate of drug-likeness (QED) is 0.0245. The van der Waals surface area contributed by atoms with Crippen LogP contribution >= 0.6 is 0 Å². The minimum atomic E-state index is -1.37. The Labute approximate surface area is 473 Å². The molecule has 4 N–H and O–H groups in total. The van der Waals surface area contributed by atoms with Crippen LogP contribution in [0.3, 0.4) is 0 Å². The van der Waals surface area contributed by atoms with Crippen LogP contribution in [0.2, 0.25) is 0 Å². The van der Waals surface area contributed by atoms with Crippen LogP contribution in [-0.2, 0) is 41.6 Å². The van der Waals surface area contributed by atoms with E-state index in [9.17, 15) is 38.7 Å². The maximum Gasteiger partial charge on any atom is 0.329 e. The first kappa shape index (κ1) is 60.8. The Hall–Kier alpha value is -7.87. The summed E-state index contributed by atoms with van der Waals surface area (Å²) in [5, 5.41) is 18.6. The average Bonchev–Trinajstić information content (AvgIpc) is 4.00. The van der Waals surface area contributed by atoms with Crippen LogP contribution in [-0.4, -0.2) is 136 Å². The number of imide groups is 1. The van der Waals surface area contributed by atoms with E-state index >= 15 is 0 Å². The fourth-order valence-electron chi connectivity index (χ4n) is 10.9. The number of ether oxygens (including phenoxy) is 7. The molecule has 20 heteroatoms. The summed E-state index contributed by atoms with van der Waals surface area (Å²) in [7, 11) is 7.70. The highest BCUT2D eigenvalue weighted by Crippen LogP contribution is 2.42. The van der Waals surface area contributed by atoms with Crippen molar-refractivity contribution in [3.05, 3.63) is 106 Å². The Balaban J connectivity index is 0.887. The maximum absolute atomic E-state index is 14.6. The van der Waals surface area contributed by atoms with Gasteiger partial charge in [0.2, 0.25) is 23.5 Å². The molecule has 3 aliphatic heterocycles. The standard InChI is InChI=1S/C61H77N5O15/c1-7-41(40-34-50(77-4)56(79-6)51(35-40)78-5)58(71)65-32-17-14-22-45(65)61(74)81-47(27-24-38-25-28-48(75-2)49(33-38)76-3)42-20-12-13-23-46(42)80-37-54(69)63-31-16-11-9-8-10-15-30-62-53(68)36-39-19-18-21-43-55(39)60(73)66(59(43)72)44-26-29-52(67)64-57(44)70/h12-13,18-21,23,25,28,33-35,41,44-45,47,57,70H,7-11,14-17,22,24,26-27,29-32,36-37H2,1-6H3,(H,62,68)(H,63,69)(H,64,67)/t41-,44?,45-,47+,57?/m0/s1. The van der Waals surface area contributed by atoms with Crippen LogP contribution in [0, 0.1) is 0 Å². The summed E-state index contributed by atoms with van der Waals surface area (Å²) in [6.45, 7) is 2.93. The molecule has 0 aromatic heterocycles. The minimum absolute atomic E-state index is 0.0745. The lowest BCUT2D eigenvalue weighted by Gasteiger charge is -2.37. The number of piperidine rings is 2. The van der Waals surface area contributed by atoms with Gasteiger partial charge in [0.25, 0.3) is 17.7 Å². The first-order valence-electron chi connectivity index (χ1n) is 28.0. The summed E-state index contributed by atoms with van der Waals surface area (Å²) < 4.78 is 40.4. The number of aryl methyl sites for hydroxylation is 1. The number of likely N-dealkylation sites (tertiary alicyclic amines) is 1.